The van der Waals surface area contributed by atoms with Gasteiger partial charge in [-0.2, -0.15) is 0 Å². The minimum Gasteiger partial charge on any atom is -0.487 e. The second-order valence-electron chi connectivity index (χ2n) is 9.87. The number of piperidine rings is 1. The molecule has 4 nitrogen and oxygen atoms in total. The van der Waals surface area contributed by atoms with Gasteiger partial charge >= 0.3 is 5.97 Å². The quantitative estimate of drug-likeness (QED) is 0.154. The van der Waals surface area contributed by atoms with Crippen molar-refractivity contribution in [3.8, 4) is 11.5 Å². The molecular weight excluding hydrogens is 557 g/mol. The van der Waals surface area contributed by atoms with Gasteiger partial charge in [0.25, 0.3) is 0 Å². The third-order valence-corrected chi connectivity index (χ3v) is 8.12. The Morgan fingerprint density at radius 3 is 2.15 bits per heavy atom. The van der Waals surface area contributed by atoms with E-state index in [0.717, 1.165) is 31.5 Å². The molecule has 0 unspecified atom stereocenters. The molecule has 0 bridgehead atoms. The Labute approximate surface area is 237 Å². The second kappa shape index (κ2) is 12.6. The van der Waals surface area contributed by atoms with Gasteiger partial charge in [-0.3, -0.25) is 4.90 Å². The van der Waals surface area contributed by atoms with Crippen molar-refractivity contribution in [3.05, 3.63) is 129 Å². The van der Waals surface area contributed by atoms with Gasteiger partial charge in [-0.05, 0) is 78.0 Å². The SMILES string of the molecule is Cc1c(F)c(CN2CCC(c3ccccc3)CC2)c(Br)c(OCc2ccccc2)c1C(=O)Oc1ccccc1. The van der Waals surface area contributed by atoms with Gasteiger partial charge in [0.15, 0.2) is 0 Å². The highest BCUT2D eigenvalue weighted by molar-refractivity contribution is 9.10. The van der Waals surface area contributed by atoms with Crippen molar-refractivity contribution in [1.29, 1.82) is 0 Å². The molecule has 0 N–H and O–H groups in total. The molecule has 1 aliphatic rings. The summed E-state index contributed by atoms with van der Waals surface area (Å²) in [7, 11) is 0. The van der Waals surface area contributed by atoms with Crippen LogP contribution in [0.1, 0.15) is 51.4 Å². The first-order valence-electron chi connectivity index (χ1n) is 13.2. The maximum Gasteiger partial charge on any atom is 0.347 e. The van der Waals surface area contributed by atoms with E-state index in [9.17, 15) is 4.79 Å². The topological polar surface area (TPSA) is 38.8 Å². The Balaban J connectivity index is 1.42. The Morgan fingerprint density at radius 1 is 0.923 bits per heavy atom. The molecule has 0 spiro atoms. The molecule has 0 saturated carbocycles. The van der Waals surface area contributed by atoms with Gasteiger partial charge in [-0.15, -0.1) is 0 Å². The highest BCUT2D eigenvalue weighted by atomic mass is 79.9. The van der Waals surface area contributed by atoms with E-state index >= 15 is 4.39 Å². The number of halogens is 2. The summed E-state index contributed by atoms with van der Waals surface area (Å²) in [5, 5.41) is 0. The Kier molecular flexibility index (Phi) is 8.74. The molecule has 1 aliphatic heterocycles. The normalized spacial score (nSPS) is 14.2. The molecule has 200 valence electrons. The predicted octanol–water partition coefficient (Wildman–Crippen LogP) is 8.07. The maximum atomic E-state index is 15.9. The van der Waals surface area contributed by atoms with Gasteiger partial charge < -0.3 is 9.47 Å². The third-order valence-electron chi connectivity index (χ3n) is 7.28. The Morgan fingerprint density at radius 2 is 1.51 bits per heavy atom. The summed E-state index contributed by atoms with van der Waals surface area (Å²) in [5.41, 5.74) is 3.10. The highest BCUT2D eigenvalue weighted by Crippen LogP contribution is 2.40. The zero-order valence-electron chi connectivity index (χ0n) is 21.9. The number of rotatable bonds is 8. The fraction of sp³-hybridized carbons (Fsp3) is 0.242. The Bertz CT molecular complexity index is 1410. The predicted molar refractivity (Wildman–Crippen MR) is 155 cm³/mol. The van der Waals surface area contributed by atoms with E-state index in [-0.39, 0.29) is 17.7 Å². The van der Waals surface area contributed by atoms with Crippen molar-refractivity contribution in [2.45, 2.75) is 38.8 Å². The van der Waals surface area contributed by atoms with Crippen LogP contribution in [0.25, 0.3) is 0 Å². The van der Waals surface area contributed by atoms with Crippen LogP contribution in [0.3, 0.4) is 0 Å². The highest BCUT2D eigenvalue weighted by Gasteiger charge is 2.30. The van der Waals surface area contributed by atoms with Crippen LogP contribution in [0, 0.1) is 12.7 Å². The number of ether oxygens (including phenoxy) is 2. The summed E-state index contributed by atoms with van der Waals surface area (Å²) in [6.07, 6.45) is 2.03. The van der Waals surface area contributed by atoms with Crippen LogP contribution in [0.15, 0.2) is 95.5 Å². The molecule has 0 amide bonds. The summed E-state index contributed by atoms with van der Waals surface area (Å²) < 4.78 is 28.2. The van der Waals surface area contributed by atoms with Crippen molar-refractivity contribution in [2.75, 3.05) is 13.1 Å². The molecule has 0 aromatic heterocycles. The molecule has 0 aliphatic carbocycles. The van der Waals surface area contributed by atoms with E-state index in [1.807, 2.05) is 42.5 Å². The van der Waals surface area contributed by atoms with Crippen LogP contribution in [-0.2, 0) is 13.2 Å². The van der Waals surface area contributed by atoms with E-state index in [4.69, 9.17) is 9.47 Å². The molecule has 0 atom stereocenters. The van der Waals surface area contributed by atoms with E-state index in [1.165, 1.54) is 5.56 Å². The first-order chi connectivity index (χ1) is 19.0. The largest absolute Gasteiger partial charge is 0.487 e. The lowest BCUT2D eigenvalue weighted by molar-refractivity contribution is 0.0727. The first-order valence-corrected chi connectivity index (χ1v) is 14.0. The van der Waals surface area contributed by atoms with E-state index in [2.05, 4.69) is 45.1 Å². The molecule has 1 saturated heterocycles. The Hall–Kier alpha value is -3.48. The fourth-order valence-corrected chi connectivity index (χ4v) is 5.73. The lowest BCUT2D eigenvalue weighted by Crippen LogP contribution is -2.33. The number of esters is 1. The number of hydrogen-bond donors (Lipinski definition) is 0. The van der Waals surface area contributed by atoms with Crippen molar-refractivity contribution in [2.24, 2.45) is 0 Å². The molecule has 4 aromatic carbocycles. The zero-order chi connectivity index (χ0) is 27.2. The molecule has 5 rings (SSSR count). The van der Waals surface area contributed by atoms with Crippen LogP contribution in [0.5, 0.6) is 11.5 Å². The van der Waals surface area contributed by atoms with Crippen molar-refractivity contribution in [1.82, 2.24) is 4.90 Å². The minimum absolute atomic E-state index is 0.0886. The molecular formula is C33H31BrFNO3. The van der Waals surface area contributed by atoms with Crippen LogP contribution in [-0.4, -0.2) is 24.0 Å². The molecule has 4 aromatic rings. The molecule has 39 heavy (non-hydrogen) atoms. The average molecular weight is 589 g/mol. The number of para-hydroxylation sites is 1. The fourth-order valence-electron chi connectivity index (χ4n) is 5.12. The summed E-state index contributed by atoms with van der Waals surface area (Å²) in [5.74, 6) is 0.124. The summed E-state index contributed by atoms with van der Waals surface area (Å²) >= 11 is 3.62. The van der Waals surface area contributed by atoms with Crippen LogP contribution in [0.2, 0.25) is 0 Å². The van der Waals surface area contributed by atoms with Gasteiger partial charge in [-0.25, -0.2) is 9.18 Å². The van der Waals surface area contributed by atoms with Gasteiger partial charge in [0, 0.05) is 17.7 Å². The summed E-state index contributed by atoms with van der Waals surface area (Å²) in [6, 6.07) is 29.0. The van der Waals surface area contributed by atoms with Gasteiger partial charge in [0.05, 0.1) is 4.47 Å². The van der Waals surface area contributed by atoms with Crippen molar-refractivity contribution < 1.29 is 18.7 Å². The average Bonchev–Trinajstić information content (AvgIpc) is 2.98. The summed E-state index contributed by atoms with van der Waals surface area (Å²) in [6.45, 7) is 4.00. The van der Waals surface area contributed by atoms with Crippen LogP contribution in [0.4, 0.5) is 4.39 Å². The third kappa shape index (κ3) is 6.40. The van der Waals surface area contributed by atoms with E-state index in [1.54, 1.807) is 31.2 Å². The smallest absolute Gasteiger partial charge is 0.347 e. The second-order valence-corrected chi connectivity index (χ2v) is 10.7. The number of benzene rings is 4. The number of carbonyl (C=O) groups is 1. The standard InChI is InChI=1S/C33H31BrFNO3/c1-23-29(33(37)39-27-15-9-4-10-16-27)32(38-22-24-11-5-2-6-12-24)30(34)28(31(23)35)21-36-19-17-26(18-20-36)25-13-7-3-8-14-25/h2-16,26H,17-22H2,1H3. The zero-order valence-corrected chi connectivity index (χ0v) is 23.5. The van der Waals surface area contributed by atoms with Gasteiger partial charge in [0.2, 0.25) is 0 Å². The van der Waals surface area contributed by atoms with E-state index in [0.29, 0.717) is 34.0 Å². The minimum atomic E-state index is -0.656. The maximum absolute atomic E-state index is 15.9. The number of carbonyl (C=O) groups excluding carboxylic acids is 1. The van der Waals surface area contributed by atoms with Crippen molar-refractivity contribution in [3.63, 3.8) is 0 Å². The first kappa shape index (κ1) is 27.1. The van der Waals surface area contributed by atoms with Crippen LogP contribution >= 0.6 is 15.9 Å². The van der Waals surface area contributed by atoms with Crippen LogP contribution < -0.4 is 9.47 Å². The number of hydrogen-bond acceptors (Lipinski definition) is 4. The molecule has 1 heterocycles. The lowest BCUT2D eigenvalue weighted by Gasteiger charge is -2.33. The van der Waals surface area contributed by atoms with E-state index < -0.39 is 11.8 Å². The number of likely N-dealkylation sites (tertiary alicyclic amines) is 1. The van der Waals surface area contributed by atoms with Gasteiger partial charge in [0.1, 0.15) is 29.5 Å². The molecule has 0 radical (unpaired) electrons. The molecule has 1 fully saturated rings. The number of nitrogens with zero attached hydrogens (tertiary/aromatic N) is 1. The van der Waals surface area contributed by atoms with Gasteiger partial charge in [-0.1, -0.05) is 78.9 Å². The summed E-state index contributed by atoms with van der Waals surface area (Å²) in [4.78, 5) is 15.6. The molecule has 6 heteroatoms. The van der Waals surface area contributed by atoms with Crippen molar-refractivity contribution >= 4 is 21.9 Å². The monoisotopic (exact) mass is 587 g/mol. The lowest BCUT2D eigenvalue weighted by atomic mass is 9.89.